The van der Waals surface area contributed by atoms with Crippen LogP contribution in [0.2, 0.25) is 0 Å². The van der Waals surface area contributed by atoms with Crippen molar-refractivity contribution in [3.8, 4) is 0 Å². The Balaban J connectivity index is 2.86. The molecule has 94 valence electrons. The van der Waals surface area contributed by atoms with Gasteiger partial charge in [0.25, 0.3) is 0 Å². The molecule has 0 atom stereocenters. The number of anilines is 1. The highest BCUT2D eigenvalue weighted by atomic mass is 32.1. The molecule has 1 aromatic heterocycles. The maximum absolute atomic E-state index is 11.8. The summed E-state index contributed by atoms with van der Waals surface area (Å²) < 4.78 is 5.01. The fraction of sp³-hybridized carbons (Fsp3) is 0.500. The average molecular weight is 254 g/mol. The smallest absolute Gasteiger partial charge is 0.340 e. The lowest BCUT2D eigenvalue weighted by Gasteiger charge is -2.04. The third kappa shape index (κ3) is 4.19. The zero-order chi connectivity index (χ0) is 12.7. The van der Waals surface area contributed by atoms with Crippen molar-refractivity contribution >= 4 is 28.0 Å². The van der Waals surface area contributed by atoms with Crippen LogP contribution in [0.5, 0.6) is 0 Å². The van der Waals surface area contributed by atoms with Gasteiger partial charge in [0.15, 0.2) is 5.13 Å². The Labute approximate surface area is 106 Å². The molecular weight excluding hydrogens is 236 g/mol. The van der Waals surface area contributed by atoms with E-state index in [1.54, 1.807) is 12.3 Å². The number of nitrogen functional groups attached to an aromatic ring is 1. The highest BCUT2D eigenvalue weighted by Gasteiger charge is 2.15. The maximum atomic E-state index is 11.8. The minimum absolute atomic E-state index is 0.325. The van der Waals surface area contributed by atoms with Gasteiger partial charge in [-0.05, 0) is 13.3 Å². The normalized spacial score (nSPS) is 11.5. The summed E-state index contributed by atoms with van der Waals surface area (Å²) in [6.07, 6.45) is 4.87. The zero-order valence-corrected chi connectivity index (χ0v) is 11.0. The largest absolute Gasteiger partial charge is 0.462 e. The van der Waals surface area contributed by atoms with Crippen molar-refractivity contribution in [3.63, 3.8) is 0 Å². The Kier molecular flexibility index (Phi) is 5.69. The van der Waals surface area contributed by atoms with Gasteiger partial charge in [-0.25, -0.2) is 9.78 Å². The van der Waals surface area contributed by atoms with E-state index >= 15 is 0 Å². The van der Waals surface area contributed by atoms with Gasteiger partial charge in [-0.3, -0.25) is 0 Å². The van der Waals surface area contributed by atoms with E-state index in [2.05, 4.69) is 11.9 Å². The lowest BCUT2D eigenvalue weighted by molar-refractivity contribution is -0.136. The van der Waals surface area contributed by atoms with Gasteiger partial charge in [-0.2, -0.15) is 0 Å². The molecular formula is C12H18N2O2S. The van der Waals surface area contributed by atoms with Crippen LogP contribution >= 0.6 is 11.3 Å². The number of allylic oxidation sites excluding steroid dienone is 1. The van der Waals surface area contributed by atoms with Gasteiger partial charge in [0.2, 0.25) is 0 Å². The van der Waals surface area contributed by atoms with E-state index in [0.717, 1.165) is 19.3 Å². The van der Waals surface area contributed by atoms with Crippen LogP contribution in [0.15, 0.2) is 11.5 Å². The summed E-state index contributed by atoms with van der Waals surface area (Å²) in [4.78, 5) is 15.9. The molecule has 1 rings (SSSR count). The van der Waals surface area contributed by atoms with Crippen LogP contribution in [-0.2, 0) is 9.53 Å². The van der Waals surface area contributed by atoms with E-state index in [1.165, 1.54) is 11.3 Å². The van der Waals surface area contributed by atoms with Crippen LogP contribution in [0.3, 0.4) is 0 Å². The first-order valence-corrected chi connectivity index (χ1v) is 6.65. The van der Waals surface area contributed by atoms with Crippen LogP contribution in [0.4, 0.5) is 5.13 Å². The molecule has 1 aromatic rings. The molecule has 4 nitrogen and oxygen atoms in total. The number of hydrogen-bond donors (Lipinski definition) is 1. The molecule has 0 fully saturated rings. The van der Waals surface area contributed by atoms with Crippen LogP contribution in [-0.4, -0.2) is 17.6 Å². The number of rotatable bonds is 6. The van der Waals surface area contributed by atoms with E-state index in [9.17, 15) is 4.79 Å². The zero-order valence-electron chi connectivity index (χ0n) is 10.2. The second kappa shape index (κ2) is 7.06. The highest BCUT2D eigenvalue weighted by molar-refractivity contribution is 7.13. The predicted octanol–water partition coefficient (Wildman–Crippen LogP) is 2.86. The molecule has 1 heterocycles. The summed E-state index contributed by atoms with van der Waals surface area (Å²) in [5.41, 5.74) is 6.71. The lowest BCUT2D eigenvalue weighted by Crippen LogP contribution is -2.07. The Hall–Kier alpha value is -1.36. The number of ether oxygens (including phenoxy) is 1. The average Bonchev–Trinajstić information content (AvgIpc) is 2.71. The van der Waals surface area contributed by atoms with Crippen molar-refractivity contribution in [2.45, 2.75) is 33.1 Å². The van der Waals surface area contributed by atoms with Crippen molar-refractivity contribution in [2.24, 2.45) is 0 Å². The molecule has 0 aromatic carbocycles. The Bertz CT molecular complexity index is 399. The predicted molar refractivity (Wildman–Crippen MR) is 70.7 cm³/mol. The minimum Gasteiger partial charge on any atom is -0.462 e. The molecule has 0 unspecified atom stereocenters. The molecule has 0 saturated carbocycles. The maximum Gasteiger partial charge on any atom is 0.340 e. The van der Waals surface area contributed by atoms with Gasteiger partial charge in [0.05, 0.1) is 17.9 Å². The molecule has 0 aliphatic carbocycles. The fourth-order valence-electron chi connectivity index (χ4n) is 1.36. The Morgan fingerprint density at radius 3 is 2.88 bits per heavy atom. The van der Waals surface area contributed by atoms with Crippen molar-refractivity contribution in [1.29, 1.82) is 0 Å². The lowest BCUT2D eigenvalue weighted by atomic mass is 10.1. The number of esters is 1. The SMILES string of the molecule is CCCCC=C(C(=O)OCC)c1csc(N)n1. The van der Waals surface area contributed by atoms with Crippen molar-refractivity contribution in [1.82, 2.24) is 4.98 Å². The van der Waals surface area contributed by atoms with E-state index in [0.29, 0.717) is 23.0 Å². The minimum atomic E-state index is -0.325. The number of carbonyl (C=O) groups is 1. The van der Waals surface area contributed by atoms with Crippen LogP contribution in [0.25, 0.3) is 5.57 Å². The van der Waals surface area contributed by atoms with Gasteiger partial charge in [-0.1, -0.05) is 25.8 Å². The molecule has 0 aliphatic rings. The van der Waals surface area contributed by atoms with Gasteiger partial charge in [-0.15, -0.1) is 11.3 Å². The molecule has 0 amide bonds. The summed E-state index contributed by atoms with van der Waals surface area (Å²) in [5, 5.41) is 2.25. The van der Waals surface area contributed by atoms with E-state index < -0.39 is 0 Å². The third-order valence-corrected chi connectivity index (χ3v) is 2.87. The second-order valence-corrected chi connectivity index (χ2v) is 4.44. The number of unbranched alkanes of at least 4 members (excludes halogenated alkanes) is 2. The fourth-order valence-corrected chi connectivity index (χ4v) is 1.93. The first-order valence-electron chi connectivity index (χ1n) is 5.77. The first-order chi connectivity index (χ1) is 8.19. The number of hydrogen-bond acceptors (Lipinski definition) is 5. The molecule has 0 spiro atoms. The van der Waals surface area contributed by atoms with Gasteiger partial charge < -0.3 is 10.5 Å². The summed E-state index contributed by atoms with van der Waals surface area (Å²) in [6, 6.07) is 0. The molecule has 0 bridgehead atoms. The number of nitrogens with zero attached hydrogens (tertiary/aromatic N) is 1. The van der Waals surface area contributed by atoms with Gasteiger partial charge >= 0.3 is 5.97 Å². The van der Waals surface area contributed by atoms with Crippen LogP contribution < -0.4 is 5.73 Å². The van der Waals surface area contributed by atoms with Crippen molar-refractivity contribution in [3.05, 3.63) is 17.2 Å². The topological polar surface area (TPSA) is 65.2 Å². The van der Waals surface area contributed by atoms with Gasteiger partial charge in [0, 0.05) is 5.38 Å². The number of aromatic nitrogens is 1. The Morgan fingerprint density at radius 1 is 1.59 bits per heavy atom. The Morgan fingerprint density at radius 2 is 2.35 bits per heavy atom. The highest BCUT2D eigenvalue weighted by Crippen LogP contribution is 2.21. The monoisotopic (exact) mass is 254 g/mol. The third-order valence-electron chi connectivity index (χ3n) is 2.20. The van der Waals surface area contributed by atoms with Crippen molar-refractivity contribution < 1.29 is 9.53 Å². The number of nitrogens with two attached hydrogens (primary N) is 1. The molecule has 0 aliphatic heterocycles. The molecule has 0 radical (unpaired) electrons. The molecule has 2 N–H and O–H groups in total. The van der Waals surface area contributed by atoms with E-state index in [1.807, 2.05) is 6.08 Å². The summed E-state index contributed by atoms with van der Waals surface area (Å²) in [7, 11) is 0. The van der Waals surface area contributed by atoms with E-state index in [4.69, 9.17) is 10.5 Å². The van der Waals surface area contributed by atoms with E-state index in [-0.39, 0.29) is 5.97 Å². The quantitative estimate of drug-likeness (QED) is 0.481. The standard InChI is InChI=1S/C12H18N2O2S/c1-3-5-6-7-9(11(15)16-4-2)10-8-17-12(13)14-10/h7-8H,3-6H2,1-2H3,(H2,13,14). The summed E-state index contributed by atoms with van der Waals surface area (Å²) in [5.74, 6) is -0.325. The number of thiazole rings is 1. The molecule has 0 saturated heterocycles. The molecule has 17 heavy (non-hydrogen) atoms. The summed E-state index contributed by atoms with van der Waals surface area (Å²) >= 11 is 1.33. The summed E-state index contributed by atoms with van der Waals surface area (Å²) in [6.45, 7) is 4.26. The molecule has 5 heteroatoms. The van der Waals surface area contributed by atoms with Crippen LogP contribution in [0, 0.1) is 0 Å². The number of carbonyl (C=O) groups excluding carboxylic acids is 1. The first kappa shape index (κ1) is 13.7. The van der Waals surface area contributed by atoms with Crippen LogP contribution in [0.1, 0.15) is 38.8 Å². The second-order valence-electron chi connectivity index (χ2n) is 3.55. The van der Waals surface area contributed by atoms with Gasteiger partial charge in [0.1, 0.15) is 0 Å². The van der Waals surface area contributed by atoms with Crippen molar-refractivity contribution in [2.75, 3.05) is 12.3 Å².